The number of benzene rings is 1. The number of nitrogens with zero attached hydrogens (tertiary/aromatic N) is 1. The average Bonchev–Trinajstić information content (AvgIpc) is 3.03. The smallest absolute Gasteiger partial charge is 0.428 e. The van der Waals surface area contributed by atoms with E-state index in [0.717, 1.165) is 18.0 Å². The maximum Gasteiger partial charge on any atom is 0.461 e. The quantitative estimate of drug-likeness (QED) is 0.705. The van der Waals surface area contributed by atoms with Crippen molar-refractivity contribution in [3.05, 3.63) is 51.2 Å². The van der Waals surface area contributed by atoms with Crippen molar-refractivity contribution >= 4 is 22.9 Å². The van der Waals surface area contributed by atoms with Crippen LogP contribution in [0.2, 0.25) is 4.34 Å². The Bertz CT molecular complexity index is 737. The fraction of sp³-hybridized carbons (Fsp3) is 0.412. The molecule has 0 unspecified atom stereocenters. The lowest BCUT2D eigenvalue weighted by molar-refractivity contribution is -0.253. The van der Waals surface area contributed by atoms with Crippen molar-refractivity contribution in [2.24, 2.45) is 0 Å². The van der Waals surface area contributed by atoms with E-state index in [9.17, 15) is 17.6 Å². The van der Waals surface area contributed by atoms with Crippen LogP contribution in [0.25, 0.3) is 0 Å². The van der Waals surface area contributed by atoms with Gasteiger partial charge in [0.2, 0.25) is 0 Å². The number of halogens is 5. The monoisotopic (exact) mass is 408 g/mol. The first-order valence-corrected chi connectivity index (χ1v) is 9.22. The van der Waals surface area contributed by atoms with Gasteiger partial charge in [0.15, 0.2) is 0 Å². The van der Waals surface area contributed by atoms with E-state index in [4.69, 9.17) is 11.6 Å². The van der Waals surface area contributed by atoms with E-state index in [-0.39, 0.29) is 5.75 Å². The molecule has 1 aromatic heterocycles. The first-order valence-electron chi connectivity index (χ1n) is 8.02. The maximum atomic E-state index is 13.5. The predicted octanol–water partition coefficient (Wildman–Crippen LogP) is 4.63. The Labute approximate surface area is 157 Å². The van der Waals surface area contributed by atoms with E-state index in [1.54, 1.807) is 18.2 Å². The summed E-state index contributed by atoms with van der Waals surface area (Å²) in [6, 6.07) is 9.21. The van der Waals surface area contributed by atoms with Crippen LogP contribution in [0.15, 0.2) is 36.4 Å². The van der Waals surface area contributed by atoms with Gasteiger partial charge in [-0.3, -0.25) is 4.90 Å². The Morgan fingerprint density at radius 2 is 1.81 bits per heavy atom. The number of piperazine rings is 1. The molecule has 0 saturated carbocycles. The lowest BCUT2D eigenvalue weighted by atomic mass is 10.0. The normalized spacial score (nSPS) is 17.5. The first kappa shape index (κ1) is 19.4. The molecule has 26 heavy (non-hydrogen) atoms. The Balaban J connectivity index is 2.01. The van der Waals surface area contributed by atoms with E-state index in [0.29, 0.717) is 23.0 Å². The Morgan fingerprint density at radius 3 is 2.42 bits per heavy atom. The summed E-state index contributed by atoms with van der Waals surface area (Å²) in [7, 11) is 0. The molecule has 9 heteroatoms. The second-order valence-corrected chi connectivity index (χ2v) is 7.58. The summed E-state index contributed by atoms with van der Waals surface area (Å²) in [5, 5.41) is 3.23. The van der Waals surface area contributed by atoms with Crippen LogP contribution in [-0.4, -0.2) is 43.6 Å². The maximum absolute atomic E-state index is 13.5. The van der Waals surface area contributed by atoms with Crippen LogP contribution in [0.3, 0.4) is 0 Å². The van der Waals surface area contributed by atoms with Crippen LogP contribution in [-0.2, 0) is 0 Å². The van der Waals surface area contributed by atoms with Crippen LogP contribution < -0.4 is 10.1 Å². The standard InChI is InChI=1S/C17H17ClF4N2OS/c18-14-6-5-13(26-14)15(24-9-7-23-8-10-24)11-3-1-2-4-12(11)25-17(21,22)16(19)20/h1-6,15-16,23H,7-10H2/t15-/m1/s1. The minimum Gasteiger partial charge on any atom is -0.428 e. The van der Waals surface area contributed by atoms with Crippen molar-refractivity contribution in [3.8, 4) is 5.75 Å². The summed E-state index contributed by atoms with van der Waals surface area (Å²) in [4.78, 5) is 2.94. The van der Waals surface area contributed by atoms with Crippen molar-refractivity contribution in [2.75, 3.05) is 26.2 Å². The van der Waals surface area contributed by atoms with Crippen molar-refractivity contribution in [2.45, 2.75) is 18.6 Å². The molecule has 1 aliphatic rings. The molecule has 1 N–H and O–H groups in total. The van der Waals surface area contributed by atoms with Gasteiger partial charge in [-0.2, -0.15) is 17.6 Å². The summed E-state index contributed by atoms with van der Waals surface area (Å²) < 4.78 is 57.2. The lowest BCUT2D eigenvalue weighted by Gasteiger charge is -2.35. The highest BCUT2D eigenvalue weighted by Crippen LogP contribution is 2.41. The molecule has 3 rings (SSSR count). The van der Waals surface area contributed by atoms with E-state index < -0.39 is 18.6 Å². The molecule has 3 nitrogen and oxygen atoms in total. The third kappa shape index (κ3) is 4.31. The molecule has 2 aromatic rings. The third-order valence-corrected chi connectivity index (χ3v) is 5.38. The molecule has 142 valence electrons. The topological polar surface area (TPSA) is 24.5 Å². The highest BCUT2D eigenvalue weighted by molar-refractivity contribution is 7.16. The van der Waals surface area contributed by atoms with Gasteiger partial charge in [-0.25, -0.2) is 0 Å². The number of ether oxygens (including phenoxy) is 1. The molecule has 0 spiro atoms. The van der Waals surface area contributed by atoms with E-state index in [2.05, 4.69) is 15.0 Å². The molecule has 1 atom stereocenters. The van der Waals surface area contributed by atoms with Gasteiger partial charge >= 0.3 is 12.5 Å². The van der Waals surface area contributed by atoms with Crippen LogP contribution >= 0.6 is 22.9 Å². The molecule has 1 aliphatic heterocycles. The summed E-state index contributed by atoms with van der Waals surface area (Å²) in [6.07, 6.45) is -8.47. The van der Waals surface area contributed by atoms with Gasteiger partial charge in [0.05, 0.1) is 10.4 Å². The SMILES string of the molecule is FC(F)C(F)(F)Oc1ccccc1[C@H](c1ccc(Cl)s1)N1CCNCC1. The van der Waals surface area contributed by atoms with Gasteiger partial charge in [-0.1, -0.05) is 29.8 Å². The van der Waals surface area contributed by atoms with Gasteiger partial charge in [-0.15, -0.1) is 11.3 Å². The second kappa shape index (κ2) is 8.12. The van der Waals surface area contributed by atoms with E-state index in [1.165, 1.54) is 23.5 Å². The Kier molecular flexibility index (Phi) is 6.06. The molecule has 1 saturated heterocycles. The molecule has 1 fully saturated rings. The number of thiophene rings is 1. The van der Waals surface area contributed by atoms with Crippen LogP contribution in [0.1, 0.15) is 16.5 Å². The van der Waals surface area contributed by atoms with Crippen molar-refractivity contribution in [3.63, 3.8) is 0 Å². The Morgan fingerprint density at radius 1 is 1.12 bits per heavy atom. The molecular weight excluding hydrogens is 392 g/mol. The molecule has 2 heterocycles. The highest BCUT2D eigenvalue weighted by atomic mass is 35.5. The van der Waals surface area contributed by atoms with E-state index >= 15 is 0 Å². The summed E-state index contributed by atoms with van der Waals surface area (Å²) in [5.74, 6) is -0.258. The number of alkyl halides is 4. The molecule has 1 aromatic carbocycles. The number of nitrogens with one attached hydrogen (secondary N) is 1. The third-order valence-electron chi connectivity index (χ3n) is 4.09. The molecule has 0 bridgehead atoms. The van der Waals surface area contributed by atoms with Crippen molar-refractivity contribution in [1.82, 2.24) is 10.2 Å². The van der Waals surface area contributed by atoms with Gasteiger partial charge < -0.3 is 10.1 Å². The van der Waals surface area contributed by atoms with Gasteiger partial charge in [0, 0.05) is 36.6 Å². The van der Waals surface area contributed by atoms with Crippen LogP contribution in [0.5, 0.6) is 5.75 Å². The zero-order valence-corrected chi connectivity index (χ0v) is 15.2. The number of hydrogen-bond donors (Lipinski definition) is 1. The van der Waals surface area contributed by atoms with E-state index in [1.807, 2.05) is 6.07 Å². The number of para-hydroxylation sites is 1. The largest absolute Gasteiger partial charge is 0.461 e. The number of hydrogen-bond acceptors (Lipinski definition) is 4. The minimum absolute atomic E-state index is 0.258. The summed E-state index contributed by atoms with van der Waals surface area (Å²) in [5.41, 5.74) is 0.410. The minimum atomic E-state index is -4.56. The molecular formula is C17H17ClF4N2OS. The van der Waals surface area contributed by atoms with Gasteiger partial charge in [-0.05, 0) is 18.2 Å². The van der Waals surface area contributed by atoms with Crippen LogP contribution in [0, 0.1) is 0 Å². The fourth-order valence-electron chi connectivity index (χ4n) is 2.94. The zero-order valence-electron chi connectivity index (χ0n) is 13.6. The number of rotatable bonds is 6. The second-order valence-electron chi connectivity index (χ2n) is 5.83. The molecule has 0 aliphatic carbocycles. The zero-order chi connectivity index (χ0) is 18.7. The molecule has 0 radical (unpaired) electrons. The Hall–Kier alpha value is -1.35. The van der Waals surface area contributed by atoms with Gasteiger partial charge in [0.25, 0.3) is 0 Å². The average molecular weight is 409 g/mol. The summed E-state index contributed by atoms with van der Waals surface area (Å²) >= 11 is 7.39. The first-order chi connectivity index (χ1) is 12.4. The lowest BCUT2D eigenvalue weighted by Crippen LogP contribution is -2.45. The molecule has 0 amide bonds. The fourth-order valence-corrected chi connectivity index (χ4v) is 4.15. The highest BCUT2D eigenvalue weighted by Gasteiger charge is 2.45. The van der Waals surface area contributed by atoms with Gasteiger partial charge in [0.1, 0.15) is 5.75 Å². The predicted molar refractivity (Wildman–Crippen MR) is 93.6 cm³/mol. The van der Waals surface area contributed by atoms with Crippen LogP contribution in [0.4, 0.5) is 17.6 Å². The van der Waals surface area contributed by atoms with Crippen molar-refractivity contribution < 1.29 is 22.3 Å². The van der Waals surface area contributed by atoms with Crippen molar-refractivity contribution in [1.29, 1.82) is 0 Å². The summed E-state index contributed by atoms with van der Waals surface area (Å²) in [6.45, 7) is 2.84.